The van der Waals surface area contributed by atoms with Crippen molar-refractivity contribution in [1.82, 2.24) is 9.80 Å². The van der Waals surface area contributed by atoms with Crippen molar-refractivity contribution in [2.45, 2.75) is 13.5 Å². The van der Waals surface area contributed by atoms with Gasteiger partial charge in [-0.3, -0.25) is 4.90 Å². The summed E-state index contributed by atoms with van der Waals surface area (Å²) < 4.78 is 10.9. The molecule has 1 aromatic rings. The molecule has 0 aromatic heterocycles. The highest BCUT2D eigenvalue weighted by atomic mass is 16.5. The molecule has 106 valence electrons. The minimum absolute atomic E-state index is 0.888. The van der Waals surface area contributed by atoms with Crippen molar-refractivity contribution in [3.05, 3.63) is 23.3 Å². The summed E-state index contributed by atoms with van der Waals surface area (Å²) in [6.07, 6.45) is 0. The Morgan fingerprint density at radius 2 is 1.74 bits per heavy atom. The van der Waals surface area contributed by atoms with Gasteiger partial charge in [-0.15, -0.1) is 0 Å². The lowest BCUT2D eigenvalue weighted by Gasteiger charge is -2.32. The van der Waals surface area contributed by atoms with Crippen LogP contribution in [0.2, 0.25) is 0 Å². The Labute approximate surface area is 115 Å². The molecule has 1 fully saturated rings. The lowest BCUT2D eigenvalue weighted by atomic mass is 10.1. The standard InChI is InChI=1S/C15H24N2O2/c1-12-14(18-3)6-5-13(15(12)19-4)11-17-9-7-16(2)8-10-17/h5-6H,7-11H2,1-4H3. The fourth-order valence-corrected chi connectivity index (χ4v) is 2.61. The van der Waals surface area contributed by atoms with Crippen LogP contribution in [-0.4, -0.2) is 57.2 Å². The summed E-state index contributed by atoms with van der Waals surface area (Å²) in [5, 5.41) is 0. The van der Waals surface area contributed by atoms with Crippen molar-refractivity contribution >= 4 is 0 Å². The Balaban J connectivity index is 2.14. The number of likely N-dealkylation sites (N-methyl/N-ethyl adjacent to an activating group) is 1. The molecule has 1 saturated heterocycles. The van der Waals surface area contributed by atoms with Crippen molar-refractivity contribution in [2.24, 2.45) is 0 Å². The number of hydrogen-bond acceptors (Lipinski definition) is 4. The van der Waals surface area contributed by atoms with E-state index >= 15 is 0 Å². The van der Waals surface area contributed by atoms with Gasteiger partial charge in [0, 0.05) is 43.9 Å². The molecule has 0 unspecified atom stereocenters. The molecule has 4 nitrogen and oxygen atoms in total. The maximum Gasteiger partial charge on any atom is 0.129 e. The molecule has 0 amide bonds. The predicted molar refractivity (Wildman–Crippen MR) is 77.1 cm³/mol. The van der Waals surface area contributed by atoms with E-state index in [4.69, 9.17) is 9.47 Å². The highest BCUT2D eigenvalue weighted by Crippen LogP contribution is 2.32. The second-order valence-electron chi connectivity index (χ2n) is 5.16. The molecule has 1 aliphatic rings. The van der Waals surface area contributed by atoms with Gasteiger partial charge >= 0.3 is 0 Å². The molecule has 2 rings (SSSR count). The smallest absolute Gasteiger partial charge is 0.129 e. The maximum absolute atomic E-state index is 5.56. The quantitative estimate of drug-likeness (QED) is 0.827. The lowest BCUT2D eigenvalue weighted by molar-refractivity contribution is 0.147. The molecule has 0 aliphatic carbocycles. The second-order valence-corrected chi connectivity index (χ2v) is 5.16. The first-order valence-corrected chi connectivity index (χ1v) is 6.77. The van der Waals surface area contributed by atoms with Crippen LogP contribution < -0.4 is 9.47 Å². The molecule has 1 heterocycles. The van der Waals surface area contributed by atoms with Crippen LogP contribution in [0.5, 0.6) is 11.5 Å². The van der Waals surface area contributed by atoms with E-state index < -0.39 is 0 Å². The molecule has 4 heteroatoms. The fraction of sp³-hybridized carbons (Fsp3) is 0.600. The number of ether oxygens (including phenoxy) is 2. The van der Waals surface area contributed by atoms with E-state index in [9.17, 15) is 0 Å². The van der Waals surface area contributed by atoms with Crippen LogP contribution in [0.15, 0.2) is 12.1 Å². The van der Waals surface area contributed by atoms with Crippen LogP contribution in [0.4, 0.5) is 0 Å². The van der Waals surface area contributed by atoms with Gasteiger partial charge in [-0.1, -0.05) is 6.07 Å². The number of rotatable bonds is 4. The van der Waals surface area contributed by atoms with Crippen molar-refractivity contribution in [3.8, 4) is 11.5 Å². The highest BCUT2D eigenvalue weighted by molar-refractivity contribution is 5.49. The third kappa shape index (κ3) is 3.19. The van der Waals surface area contributed by atoms with Crippen LogP contribution in [0.1, 0.15) is 11.1 Å². The summed E-state index contributed by atoms with van der Waals surface area (Å²) in [7, 11) is 5.60. The van der Waals surface area contributed by atoms with E-state index in [0.29, 0.717) is 0 Å². The summed E-state index contributed by atoms with van der Waals surface area (Å²) in [5.74, 6) is 1.84. The fourth-order valence-electron chi connectivity index (χ4n) is 2.61. The molecule has 19 heavy (non-hydrogen) atoms. The Kier molecular flexibility index (Phi) is 4.66. The average molecular weight is 264 g/mol. The van der Waals surface area contributed by atoms with E-state index in [1.54, 1.807) is 14.2 Å². The Morgan fingerprint density at radius 1 is 1.05 bits per heavy atom. The molecule has 1 aliphatic heterocycles. The number of nitrogens with zero attached hydrogens (tertiary/aromatic N) is 2. The van der Waals surface area contributed by atoms with E-state index in [-0.39, 0.29) is 0 Å². The van der Waals surface area contributed by atoms with Crippen LogP contribution >= 0.6 is 0 Å². The van der Waals surface area contributed by atoms with Gasteiger partial charge in [0.05, 0.1) is 14.2 Å². The van der Waals surface area contributed by atoms with Crippen LogP contribution in [0.3, 0.4) is 0 Å². The first-order valence-electron chi connectivity index (χ1n) is 6.77. The molecule has 1 aromatic carbocycles. The van der Waals surface area contributed by atoms with Crippen LogP contribution in [0, 0.1) is 6.92 Å². The zero-order chi connectivity index (χ0) is 13.8. The molecular formula is C15H24N2O2. The Morgan fingerprint density at radius 3 is 2.32 bits per heavy atom. The van der Waals surface area contributed by atoms with Crippen LogP contribution in [-0.2, 0) is 6.54 Å². The van der Waals surface area contributed by atoms with Crippen molar-refractivity contribution in [2.75, 3.05) is 47.4 Å². The monoisotopic (exact) mass is 264 g/mol. The average Bonchev–Trinajstić information content (AvgIpc) is 2.42. The normalized spacial score (nSPS) is 17.5. The minimum Gasteiger partial charge on any atom is -0.496 e. The van der Waals surface area contributed by atoms with Gasteiger partial charge in [0.1, 0.15) is 11.5 Å². The SMILES string of the molecule is COc1ccc(CN2CCN(C)CC2)c(OC)c1C. The predicted octanol–water partition coefficient (Wildman–Crippen LogP) is 1.76. The molecule has 0 atom stereocenters. The number of methoxy groups -OCH3 is 2. The first-order chi connectivity index (χ1) is 9.15. The van der Waals surface area contributed by atoms with Crippen molar-refractivity contribution < 1.29 is 9.47 Å². The zero-order valence-electron chi connectivity index (χ0n) is 12.4. The minimum atomic E-state index is 0.888. The van der Waals surface area contributed by atoms with Gasteiger partial charge in [0.15, 0.2) is 0 Å². The number of piperazine rings is 1. The largest absolute Gasteiger partial charge is 0.496 e. The Hall–Kier alpha value is -1.26. The molecule has 0 N–H and O–H groups in total. The van der Waals surface area contributed by atoms with Crippen LogP contribution in [0.25, 0.3) is 0 Å². The van der Waals surface area contributed by atoms with Crippen molar-refractivity contribution in [1.29, 1.82) is 0 Å². The van der Waals surface area contributed by atoms with E-state index in [2.05, 4.69) is 22.9 Å². The van der Waals surface area contributed by atoms with Gasteiger partial charge in [0.2, 0.25) is 0 Å². The van der Waals surface area contributed by atoms with E-state index in [1.807, 2.05) is 13.0 Å². The zero-order valence-corrected chi connectivity index (χ0v) is 12.4. The molecule has 0 spiro atoms. The van der Waals surface area contributed by atoms with E-state index in [1.165, 1.54) is 5.56 Å². The lowest BCUT2D eigenvalue weighted by Crippen LogP contribution is -2.43. The maximum atomic E-state index is 5.56. The van der Waals surface area contributed by atoms with Crippen molar-refractivity contribution in [3.63, 3.8) is 0 Å². The molecule has 0 radical (unpaired) electrons. The van der Waals surface area contributed by atoms with Gasteiger partial charge in [-0.05, 0) is 20.0 Å². The molecule has 0 saturated carbocycles. The molecular weight excluding hydrogens is 240 g/mol. The summed E-state index contributed by atoms with van der Waals surface area (Å²) in [6, 6.07) is 4.15. The topological polar surface area (TPSA) is 24.9 Å². The van der Waals surface area contributed by atoms with Gasteiger partial charge in [-0.2, -0.15) is 0 Å². The van der Waals surface area contributed by atoms with E-state index in [0.717, 1.165) is 49.8 Å². The second kappa shape index (κ2) is 6.26. The summed E-state index contributed by atoms with van der Waals surface area (Å²) >= 11 is 0. The van der Waals surface area contributed by atoms with Gasteiger partial charge in [-0.25, -0.2) is 0 Å². The number of hydrogen-bond donors (Lipinski definition) is 0. The number of benzene rings is 1. The summed E-state index contributed by atoms with van der Waals surface area (Å²) in [5.41, 5.74) is 2.32. The summed E-state index contributed by atoms with van der Waals surface area (Å²) in [4.78, 5) is 4.84. The molecule has 0 bridgehead atoms. The van der Waals surface area contributed by atoms with Gasteiger partial charge in [0.25, 0.3) is 0 Å². The van der Waals surface area contributed by atoms with Gasteiger partial charge < -0.3 is 14.4 Å². The first kappa shape index (κ1) is 14.2. The summed E-state index contributed by atoms with van der Waals surface area (Å²) in [6.45, 7) is 7.50. The highest BCUT2D eigenvalue weighted by Gasteiger charge is 2.17. The Bertz CT molecular complexity index is 426. The third-order valence-corrected chi connectivity index (χ3v) is 3.85. The third-order valence-electron chi connectivity index (χ3n) is 3.85.